The van der Waals surface area contributed by atoms with Crippen LogP contribution in [0.5, 0.6) is 0 Å². The van der Waals surface area contributed by atoms with Gasteiger partial charge in [-0.3, -0.25) is 0 Å². The highest BCUT2D eigenvalue weighted by Gasteiger charge is 2.17. The van der Waals surface area contributed by atoms with Crippen molar-refractivity contribution >= 4 is 5.69 Å². The van der Waals surface area contributed by atoms with Gasteiger partial charge >= 0.3 is 0 Å². The van der Waals surface area contributed by atoms with E-state index in [9.17, 15) is 4.39 Å². The molecule has 0 amide bonds. The zero-order valence-corrected chi connectivity index (χ0v) is 11.8. The molecule has 1 aromatic rings. The van der Waals surface area contributed by atoms with Crippen molar-refractivity contribution in [3.63, 3.8) is 0 Å². The zero-order chi connectivity index (χ0) is 13.7. The fourth-order valence-corrected chi connectivity index (χ4v) is 1.94. The van der Waals surface area contributed by atoms with Crippen LogP contribution in [-0.2, 0) is 4.74 Å². The minimum atomic E-state index is -0.205. The molecule has 0 saturated heterocycles. The van der Waals surface area contributed by atoms with Crippen molar-refractivity contribution in [3.8, 4) is 0 Å². The number of hydrogen-bond acceptors (Lipinski definition) is 3. The Morgan fingerprint density at radius 1 is 1.39 bits per heavy atom. The molecule has 1 aromatic carbocycles. The molecule has 4 heteroatoms. The highest BCUT2D eigenvalue weighted by atomic mass is 19.1. The first-order valence-corrected chi connectivity index (χ1v) is 6.19. The van der Waals surface area contributed by atoms with E-state index >= 15 is 0 Å². The quantitative estimate of drug-likeness (QED) is 0.844. The third kappa shape index (κ3) is 3.43. The third-order valence-corrected chi connectivity index (χ3v) is 3.34. The normalized spacial score (nSPS) is 14.3. The minimum absolute atomic E-state index is 0.105. The second-order valence-electron chi connectivity index (χ2n) is 4.63. The molecule has 18 heavy (non-hydrogen) atoms. The number of nitrogens with one attached hydrogen (secondary N) is 1. The Kier molecular flexibility index (Phi) is 5.56. The number of nitrogens with zero attached hydrogens (tertiary/aromatic N) is 1. The lowest BCUT2D eigenvalue weighted by molar-refractivity contribution is 0.183. The summed E-state index contributed by atoms with van der Waals surface area (Å²) in [4.78, 5) is 2.12. The van der Waals surface area contributed by atoms with Crippen LogP contribution in [0.1, 0.15) is 25.5 Å². The number of benzene rings is 1. The summed E-state index contributed by atoms with van der Waals surface area (Å²) < 4.78 is 18.6. The van der Waals surface area contributed by atoms with Gasteiger partial charge < -0.3 is 15.0 Å². The smallest absolute Gasteiger partial charge is 0.123 e. The van der Waals surface area contributed by atoms with Gasteiger partial charge in [0.05, 0.1) is 6.61 Å². The predicted molar refractivity (Wildman–Crippen MR) is 73.6 cm³/mol. The molecule has 2 atom stereocenters. The van der Waals surface area contributed by atoms with Gasteiger partial charge in [-0.25, -0.2) is 4.39 Å². The number of ether oxygens (including phenoxy) is 1. The molecule has 1 rings (SSSR count). The molecule has 0 fully saturated rings. The molecule has 0 spiro atoms. The first-order chi connectivity index (χ1) is 8.51. The van der Waals surface area contributed by atoms with E-state index in [-0.39, 0.29) is 17.9 Å². The lowest BCUT2D eigenvalue weighted by Crippen LogP contribution is -2.34. The number of anilines is 1. The number of likely N-dealkylation sites (N-methyl/N-ethyl adjacent to an activating group) is 1. The molecule has 0 radical (unpaired) electrons. The van der Waals surface area contributed by atoms with Crippen LogP contribution in [0.25, 0.3) is 0 Å². The molecule has 1 N–H and O–H groups in total. The lowest BCUT2D eigenvalue weighted by atomic mass is 10.0. The van der Waals surface area contributed by atoms with Crippen molar-refractivity contribution in [1.29, 1.82) is 0 Å². The maximum atomic E-state index is 13.4. The molecular formula is C14H23FN2O. The van der Waals surface area contributed by atoms with Gasteiger partial charge in [-0.1, -0.05) is 0 Å². The van der Waals surface area contributed by atoms with Gasteiger partial charge in [0.15, 0.2) is 0 Å². The van der Waals surface area contributed by atoms with Crippen molar-refractivity contribution in [2.75, 3.05) is 32.7 Å². The first-order valence-electron chi connectivity index (χ1n) is 6.19. The molecule has 102 valence electrons. The number of hydrogen-bond donors (Lipinski definition) is 1. The fourth-order valence-electron chi connectivity index (χ4n) is 1.94. The maximum absolute atomic E-state index is 13.4. The van der Waals surface area contributed by atoms with Gasteiger partial charge in [0.25, 0.3) is 0 Å². The summed E-state index contributed by atoms with van der Waals surface area (Å²) in [6.07, 6.45) is 0. The van der Waals surface area contributed by atoms with E-state index in [0.717, 1.165) is 11.3 Å². The highest BCUT2D eigenvalue weighted by molar-refractivity contribution is 5.55. The van der Waals surface area contributed by atoms with Crippen molar-refractivity contribution < 1.29 is 9.13 Å². The fraction of sp³-hybridized carbons (Fsp3) is 0.571. The number of rotatable bonds is 6. The molecule has 0 aliphatic rings. The van der Waals surface area contributed by atoms with Gasteiger partial charge in [0, 0.05) is 31.9 Å². The number of halogens is 1. The van der Waals surface area contributed by atoms with Crippen LogP contribution < -0.4 is 10.2 Å². The summed E-state index contributed by atoms with van der Waals surface area (Å²) in [7, 11) is 5.56. The van der Waals surface area contributed by atoms with Gasteiger partial charge in [-0.05, 0) is 44.7 Å². The summed E-state index contributed by atoms with van der Waals surface area (Å²) in [5.74, 6) is -0.205. The maximum Gasteiger partial charge on any atom is 0.123 e. The lowest BCUT2D eigenvalue weighted by Gasteiger charge is -2.30. The first kappa shape index (κ1) is 14.9. The predicted octanol–water partition coefficient (Wildman–Crippen LogP) is 2.58. The van der Waals surface area contributed by atoms with E-state index in [1.165, 1.54) is 6.07 Å². The molecule has 2 unspecified atom stereocenters. The second-order valence-corrected chi connectivity index (χ2v) is 4.63. The molecule has 3 nitrogen and oxygen atoms in total. The van der Waals surface area contributed by atoms with E-state index in [1.54, 1.807) is 13.2 Å². The molecular weight excluding hydrogens is 231 g/mol. The summed E-state index contributed by atoms with van der Waals surface area (Å²) in [6, 6.07) is 5.25. The van der Waals surface area contributed by atoms with Crippen LogP contribution in [0.2, 0.25) is 0 Å². The van der Waals surface area contributed by atoms with Crippen molar-refractivity contribution in [2.45, 2.75) is 25.9 Å². The van der Waals surface area contributed by atoms with E-state index in [2.05, 4.69) is 17.1 Å². The second kappa shape index (κ2) is 6.71. The molecule has 0 aliphatic carbocycles. The molecule has 0 aliphatic heterocycles. The van der Waals surface area contributed by atoms with Crippen LogP contribution in [0.15, 0.2) is 18.2 Å². The molecule has 0 saturated carbocycles. The van der Waals surface area contributed by atoms with E-state index in [4.69, 9.17) is 4.74 Å². The number of methoxy groups -OCH3 is 1. The van der Waals surface area contributed by atoms with Crippen LogP contribution in [-0.4, -0.2) is 33.9 Å². The van der Waals surface area contributed by atoms with Crippen LogP contribution in [0.4, 0.5) is 10.1 Å². The van der Waals surface area contributed by atoms with E-state index in [0.29, 0.717) is 6.61 Å². The summed E-state index contributed by atoms with van der Waals surface area (Å²) in [6.45, 7) is 4.75. The van der Waals surface area contributed by atoms with Crippen molar-refractivity contribution in [1.82, 2.24) is 5.32 Å². The summed E-state index contributed by atoms with van der Waals surface area (Å²) in [5.41, 5.74) is 1.99. The van der Waals surface area contributed by atoms with Gasteiger partial charge in [0.2, 0.25) is 0 Å². The SMILES string of the molecule is CNC(C)c1cc(F)ccc1N(C)C(C)COC. The third-order valence-electron chi connectivity index (χ3n) is 3.34. The van der Waals surface area contributed by atoms with Gasteiger partial charge in [-0.2, -0.15) is 0 Å². The van der Waals surface area contributed by atoms with Crippen molar-refractivity contribution in [2.24, 2.45) is 0 Å². The summed E-state index contributed by atoms with van der Waals surface area (Å²) in [5, 5.41) is 3.15. The van der Waals surface area contributed by atoms with E-state index in [1.807, 2.05) is 27.1 Å². The molecule has 0 bridgehead atoms. The monoisotopic (exact) mass is 254 g/mol. The van der Waals surface area contributed by atoms with Gasteiger partial charge in [0.1, 0.15) is 5.82 Å². The van der Waals surface area contributed by atoms with Gasteiger partial charge in [-0.15, -0.1) is 0 Å². The molecule has 0 heterocycles. The largest absolute Gasteiger partial charge is 0.383 e. The van der Waals surface area contributed by atoms with Crippen LogP contribution in [0.3, 0.4) is 0 Å². The molecule has 0 aromatic heterocycles. The Balaban J connectivity index is 3.06. The standard InChI is InChI=1S/C14H23FN2O/c1-10(9-18-5)17(4)14-7-6-12(15)8-13(14)11(2)16-3/h6-8,10-11,16H,9H2,1-5H3. The Bertz CT molecular complexity index is 384. The minimum Gasteiger partial charge on any atom is -0.383 e. The van der Waals surface area contributed by atoms with Crippen LogP contribution in [0, 0.1) is 5.82 Å². The Hall–Kier alpha value is -1.13. The Morgan fingerprint density at radius 3 is 2.61 bits per heavy atom. The average Bonchev–Trinajstić information content (AvgIpc) is 2.37. The summed E-state index contributed by atoms with van der Waals surface area (Å²) >= 11 is 0. The topological polar surface area (TPSA) is 24.5 Å². The Morgan fingerprint density at radius 2 is 2.06 bits per heavy atom. The van der Waals surface area contributed by atoms with Crippen molar-refractivity contribution in [3.05, 3.63) is 29.6 Å². The Labute approximate surface area is 109 Å². The average molecular weight is 254 g/mol. The van der Waals surface area contributed by atoms with E-state index < -0.39 is 0 Å². The highest BCUT2D eigenvalue weighted by Crippen LogP contribution is 2.27. The van der Waals surface area contributed by atoms with Crippen LogP contribution >= 0.6 is 0 Å². The zero-order valence-electron chi connectivity index (χ0n) is 11.8.